The normalized spacial score (nSPS) is 16.4. The van der Waals surface area contributed by atoms with Gasteiger partial charge in [0.25, 0.3) is 5.91 Å². The molecule has 0 bridgehead atoms. The Morgan fingerprint density at radius 3 is 2.26 bits per heavy atom. The van der Waals surface area contributed by atoms with Crippen LogP contribution in [0.15, 0.2) is 109 Å². The zero-order chi connectivity index (χ0) is 29.3. The molecule has 1 aliphatic rings. The first kappa shape index (κ1) is 29.8. The molecule has 4 aromatic carbocycles. The van der Waals surface area contributed by atoms with Crippen molar-refractivity contribution in [2.75, 3.05) is 40.3 Å². The molecular formula is C36H40ClN3O2. The van der Waals surface area contributed by atoms with Crippen molar-refractivity contribution in [3.8, 4) is 5.75 Å². The predicted octanol–water partition coefficient (Wildman–Crippen LogP) is 7.05. The number of hydrogen-bond acceptors (Lipinski definition) is 4. The number of hydrogen-bond donors (Lipinski definition) is 1. The lowest BCUT2D eigenvalue weighted by molar-refractivity contribution is 0.0860. The van der Waals surface area contributed by atoms with Crippen LogP contribution in [-0.4, -0.2) is 62.1 Å². The highest BCUT2D eigenvalue weighted by atomic mass is 35.5. The molecule has 4 aromatic rings. The highest BCUT2D eigenvalue weighted by Crippen LogP contribution is 2.28. The van der Waals surface area contributed by atoms with Crippen molar-refractivity contribution < 1.29 is 9.53 Å². The van der Waals surface area contributed by atoms with Gasteiger partial charge >= 0.3 is 0 Å². The second-order valence-electron chi connectivity index (χ2n) is 11.3. The second kappa shape index (κ2) is 14.5. The van der Waals surface area contributed by atoms with Gasteiger partial charge in [0, 0.05) is 36.1 Å². The van der Waals surface area contributed by atoms with Gasteiger partial charge in [-0.3, -0.25) is 9.69 Å². The summed E-state index contributed by atoms with van der Waals surface area (Å²) in [6.45, 7) is 3.29. The summed E-state index contributed by atoms with van der Waals surface area (Å²) < 4.78 is 6.47. The Labute approximate surface area is 255 Å². The molecule has 0 radical (unpaired) electrons. The summed E-state index contributed by atoms with van der Waals surface area (Å²) in [5.41, 5.74) is 4.24. The van der Waals surface area contributed by atoms with Crippen molar-refractivity contribution in [2.24, 2.45) is 0 Å². The molecule has 1 saturated heterocycles. The number of halogens is 1. The molecule has 0 spiro atoms. The zero-order valence-corrected chi connectivity index (χ0v) is 25.2. The number of nitrogens with zero attached hydrogens (tertiary/aromatic N) is 2. The Morgan fingerprint density at radius 2 is 1.60 bits per heavy atom. The Bertz CT molecular complexity index is 1390. The molecule has 42 heavy (non-hydrogen) atoms. The van der Waals surface area contributed by atoms with Crippen LogP contribution in [0.4, 0.5) is 0 Å². The Morgan fingerprint density at radius 1 is 0.929 bits per heavy atom. The summed E-state index contributed by atoms with van der Waals surface area (Å²) >= 11 is 6.45. The number of benzene rings is 4. The molecule has 2 atom stereocenters. The number of carbonyl (C=O) groups is 1. The van der Waals surface area contributed by atoms with Crippen molar-refractivity contribution in [3.05, 3.63) is 136 Å². The van der Waals surface area contributed by atoms with Crippen LogP contribution in [0.3, 0.4) is 0 Å². The van der Waals surface area contributed by atoms with Crippen LogP contribution in [-0.2, 0) is 0 Å². The van der Waals surface area contributed by atoms with Crippen molar-refractivity contribution in [1.29, 1.82) is 0 Å². The fourth-order valence-corrected chi connectivity index (χ4v) is 6.08. The quantitative estimate of drug-likeness (QED) is 0.206. The van der Waals surface area contributed by atoms with Crippen LogP contribution < -0.4 is 10.1 Å². The minimum atomic E-state index is -0.127. The summed E-state index contributed by atoms with van der Waals surface area (Å²) in [5.74, 6) is 0.903. The SMILES string of the molecule is CN(C)C(CNC(=O)c1cccc(OC2CCCN(CC(c3ccccc3)c3ccccc3)C2)c1)c1ccccc1Cl. The van der Waals surface area contributed by atoms with Gasteiger partial charge in [-0.1, -0.05) is 96.5 Å². The summed E-state index contributed by atoms with van der Waals surface area (Å²) in [6.07, 6.45) is 2.15. The Balaban J connectivity index is 1.21. The van der Waals surface area contributed by atoms with E-state index in [1.807, 2.05) is 62.6 Å². The summed E-state index contributed by atoms with van der Waals surface area (Å²) in [7, 11) is 3.98. The molecule has 2 unspecified atom stereocenters. The average molecular weight is 582 g/mol. The van der Waals surface area contributed by atoms with E-state index in [9.17, 15) is 4.79 Å². The maximum absolute atomic E-state index is 13.1. The van der Waals surface area contributed by atoms with Crippen molar-refractivity contribution in [2.45, 2.75) is 30.9 Å². The summed E-state index contributed by atoms with van der Waals surface area (Å²) in [5, 5.41) is 3.79. The van der Waals surface area contributed by atoms with Gasteiger partial charge < -0.3 is 15.0 Å². The summed E-state index contributed by atoms with van der Waals surface area (Å²) in [4.78, 5) is 17.7. The number of rotatable bonds is 11. The highest BCUT2D eigenvalue weighted by Gasteiger charge is 2.25. The van der Waals surface area contributed by atoms with E-state index in [1.165, 1.54) is 11.1 Å². The van der Waals surface area contributed by atoms with Crippen LogP contribution in [0.5, 0.6) is 5.75 Å². The van der Waals surface area contributed by atoms with Gasteiger partial charge in [-0.2, -0.15) is 0 Å². The van der Waals surface area contributed by atoms with E-state index in [-0.39, 0.29) is 18.1 Å². The molecule has 6 heteroatoms. The third-order valence-electron chi connectivity index (χ3n) is 8.05. The molecule has 5 rings (SSSR count). The molecule has 1 heterocycles. The zero-order valence-electron chi connectivity index (χ0n) is 24.5. The molecule has 1 aliphatic heterocycles. The minimum absolute atomic E-state index is 0.0362. The predicted molar refractivity (Wildman–Crippen MR) is 171 cm³/mol. The number of amides is 1. The first-order valence-corrected chi connectivity index (χ1v) is 15.1. The molecular weight excluding hydrogens is 542 g/mol. The molecule has 0 aliphatic carbocycles. The third-order valence-corrected chi connectivity index (χ3v) is 8.39. The van der Waals surface area contributed by atoms with Gasteiger partial charge in [-0.05, 0) is 74.4 Å². The minimum Gasteiger partial charge on any atom is -0.489 e. The first-order chi connectivity index (χ1) is 20.5. The maximum Gasteiger partial charge on any atom is 0.251 e. The van der Waals surface area contributed by atoms with Gasteiger partial charge in [0.2, 0.25) is 0 Å². The van der Waals surface area contributed by atoms with E-state index in [4.69, 9.17) is 16.3 Å². The van der Waals surface area contributed by atoms with Gasteiger partial charge in [0.15, 0.2) is 0 Å². The van der Waals surface area contributed by atoms with Crippen LogP contribution in [0.25, 0.3) is 0 Å². The number of carbonyl (C=O) groups excluding carboxylic acids is 1. The molecule has 0 aromatic heterocycles. The summed E-state index contributed by atoms with van der Waals surface area (Å²) in [6, 6.07) is 36.8. The molecule has 5 nitrogen and oxygen atoms in total. The van der Waals surface area contributed by atoms with Crippen LogP contribution in [0.1, 0.15) is 51.8 Å². The van der Waals surface area contributed by atoms with Crippen LogP contribution in [0, 0.1) is 0 Å². The Kier molecular flexibility index (Phi) is 10.3. The molecule has 1 amide bonds. The molecule has 1 N–H and O–H groups in total. The Hall–Kier alpha value is -3.64. The maximum atomic E-state index is 13.1. The van der Waals surface area contributed by atoms with Crippen LogP contribution in [0.2, 0.25) is 5.02 Å². The fourth-order valence-electron chi connectivity index (χ4n) is 5.82. The number of piperidine rings is 1. The van der Waals surface area contributed by atoms with Gasteiger partial charge in [-0.25, -0.2) is 0 Å². The fraction of sp³-hybridized carbons (Fsp3) is 0.306. The first-order valence-electron chi connectivity index (χ1n) is 14.8. The van der Waals surface area contributed by atoms with Crippen LogP contribution >= 0.6 is 11.6 Å². The van der Waals surface area contributed by atoms with E-state index in [1.54, 1.807) is 0 Å². The molecule has 0 saturated carbocycles. The van der Waals surface area contributed by atoms with Crippen molar-refractivity contribution >= 4 is 17.5 Å². The molecule has 218 valence electrons. The third kappa shape index (κ3) is 7.80. The average Bonchev–Trinajstić information content (AvgIpc) is 3.02. The van der Waals surface area contributed by atoms with E-state index >= 15 is 0 Å². The molecule has 1 fully saturated rings. The van der Waals surface area contributed by atoms with Gasteiger partial charge in [0.1, 0.15) is 11.9 Å². The lowest BCUT2D eigenvalue weighted by atomic mass is 9.90. The van der Waals surface area contributed by atoms with E-state index in [0.29, 0.717) is 23.0 Å². The largest absolute Gasteiger partial charge is 0.489 e. The second-order valence-corrected chi connectivity index (χ2v) is 11.7. The van der Waals surface area contributed by atoms with E-state index < -0.39 is 0 Å². The smallest absolute Gasteiger partial charge is 0.251 e. The number of likely N-dealkylation sites (N-methyl/N-ethyl adjacent to an activating group) is 1. The monoisotopic (exact) mass is 581 g/mol. The standard InChI is InChI=1S/C36H40ClN3O2/c1-39(2)35(32-20-9-10-21-34(32)37)24-38-36(41)29-17-11-18-30(23-29)42-31-19-12-22-40(25-31)26-33(27-13-5-3-6-14-27)28-15-7-4-8-16-28/h3-11,13-18,20-21,23,31,33,35H,12,19,22,24-26H2,1-2H3,(H,38,41). The van der Waals surface area contributed by atoms with Gasteiger partial charge in [-0.15, -0.1) is 0 Å². The van der Waals surface area contributed by atoms with E-state index in [0.717, 1.165) is 43.8 Å². The lowest BCUT2D eigenvalue weighted by Gasteiger charge is -2.35. The number of nitrogens with one attached hydrogen (secondary N) is 1. The highest BCUT2D eigenvalue weighted by molar-refractivity contribution is 6.31. The topological polar surface area (TPSA) is 44.8 Å². The van der Waals surface area contributed by atoms with Crippen molar-refractivity contribution in [1.82, 2.24) is 15.1 Å². The van der Waals surface area contributed by atoms with Crippen molar-refractivity contribution in [3.63, 3.8) is 0 Å². The number of likely N-dealkylation sites (tertiary alicyclic amines) is 1. The van der Waals surface area contributed by atoms with Gasteiger partial charge in [0.05, 0.1) is 6.04 Å². The lowest BCUT2D eigenvalue weighted by Crippen LogP contribution is -2.43. The number of ether oxygens (including phenoxy) is 1. The van der Waals surface area contributed by atoms with E-state index in [2.05, 4.69) is 75.8 Å².